The Hall–Kier alpha value is -2.42. The molecule has 8 nitrogen and oxygen atoms in total. The fourth-order valence-corrected chi connectivity index (χ4v) is 2.77. The molecule has 3 rings (SSSR count). The van der Waals surface area contributed by atoms with Crippen LogP contribution < -0.4 is 14.0 Å². The van der Waals surface area contributed by atoms with Crippen molar-refractivity contribution in [1.29, 1.82) is 0 Å². The number of benzene rings is 1. The predicted octanol–water partition coefficient (Wildman–Crippen LogP) is 0.837. The van der Waals surface area contributed by atoms with E-state index in [1.165, 1.54) is 6.92 Å². The van der Waals surface area contributed by atoms with Crippen molar-refractivity contribution in [2.75, 3.05) is 0 Å². The predicted molar refractivity (Wildman–Crippen MR) is 65.5 cm³/mol. The van der Waals surface area contributed by atoms with Crippen molar-refractivity contribution in [3.8, 4) is 23.0 Å². The summed E-state index contributed by atoms with van der Waals surface area (Å²) in [5, 5.41) is 19.6. The minimum Gasteiger partial charge on any atom is -0.504 e. The van der Waals surface area contributed by atoms with Crippen LogP contribution in [0.25, 0.3) is 11.0 Å². The summed E-state index contributed by atoms with van der Waals surface area (Å²) < 4.78 is 36.4. The highest BCUT2D eigenvalue weighted by molar-refractivity contribution is 7.82. The van der Waals surface area contributed by atoms with Gasteiger partial charge in [0.25, 0.3) is 5.75 Å². The van der Waals surface area contributed by atoms with Crippen molar-refractivity contribution in [3.05, 3.63) is 21.5 Å². The molecular formula is C11H8O8S. The molecule has 0 radical (unpaired) electrons. The van der Waals surface area contributed by atoms with Crippen molar-refractivity contribution in [1.82, 2.24) is 0 Å². The lowest BCUT2D eigenvalue weighted by Gasteiger charge is -2.10. The van der Waals surface area contributed by atoms with E-state index in [2.05, 4.69) is 8.37 Å². The van der Waals surface area contributed by atoms with Crippen LogP contribution in [-0.2, 0) is 10.4 Å². The van der Waals surface area contributed by atoms with Crippen LogP contribution in [0.5, 0.6) is 23.0 Å². The molecular weight excluding hydrogens is 292 g/mol. The number of phenols is 2. The van der Waals surface area contributed by atoms with Gasteiger partial charge < -0.3 is 23.0 Å². The Morgan fingerprint density at radius 3 is 2.20 bits per heavy atom. The first-order chi connectivity index (χ1) is 9.23. The SMILES string of the molecule is Cc1c(O)c(O)c2oc(=O)c3c(c2c1C)OS(=O)(=O)O3. The first-order valence-electron chi connectivity index (χ1n) is 5.38. The Labute approximate surface area is 112 Å². The van der Waals surface area contributed by atoms with Crippen LogP contribution in [-0.4, -0.2) is 18.6 Å². The number of aryl methyl sites for hydroxylation is 1. The molecule has 2 N–H and O–H groups in total. The Bertz CT molecular complexity index is 922. The quantitative estimate of drug-likeness (QED) is 0.542. The van der Waals surface area contributed by atoms with E-state index >= 15 is 0 Å². The maximum Gasteiger partial charge on any atom is 0.501 e. The van der Waals surface area contributed by atoms with Crippen molar-refractivity contribution < 1.29 is 31.4 Å². The lowest BCUT2D eigenvalue weighted by molar-refractivity contribution is 0.393. The zero-order valence-corrected chi connectivity index (χ0v) is 11.1. The first-order valence-corrected chi connectivity index (χ1v) is 6.72. The molecule has 0 bridgehead atoms. The Kier molecular flexibility index (Phi) is 2.25. The van der Waals surface area contributed by atoms with Crippen LogP contribution in [0, 0.1) is 13.8 Å². The van der Waals surface area contributed by atoms with Gasteiger partial charge in [0.1, 0.15) is 0 Å². The molecule has 0 spiro atoms. The molecule has 0 atom stereocenters. The van der Waals surface area contributed by atoms with E-state index in [0.717, 1.165) is 0 Å². The van der Waals surface area contributed by atoms with E-state index < -0.39 is 33.3 Å². The first kappa shape index (κ1) is 12.6. The molecule has 1 aromatic carbocycles. The minimum absolute atomic E-state index is 0.0495. The summed E-state index contributed by atoms with van der Waals surface area (Å²) in [6.07, 6.45) is 0. The normalized spacial score (nSPS) is 15.7. The van der Waals surface area contributed by atoms with Gasteiger partial charge >= 0.3 is 16.0 Å². The molecule has 2 heterocycles. The third kappa shape index (κ3) is 1.46. The van der Waals surface area contributed by atoms with Gasteiger partial charge in [-0.2, -0.15) is 0 Å². The second-order valence-corrected chi connectivity index (χ2v) is 5.42. The molecule has 106 valence electrons. The van der Waals surface area contributed by atoms with Gasteiger partial charge in [0.05, 0.1) is 5.39 Å². The van der Waals surface area contributed by atoms with E-state index in [-0.39, 0.29) is 16.7 Å². The average molecular weight is 300 g/mol. The van der Waals surface area contributed by atoms with Gasteiger partial charge in [-0.05, 0) is 25.0 Å². The Balaban J connectivity index is 2.60. The molecule has 0 saturated heterocycles. The monoisotopic (exact) mass is 300 g/mol. The van der Waals surface area contributed by atoms with Crippen molar-refractivity contribution in [2.24, 2.45) is 0 Å². The highest BCUT2D eigenvalue weighted by Crippen LogP contribution is 2.47. The average Bonchev–Trinajstić information content (AvgIpc) is 2.69. The molecule has 0 saturated carbocycles. The van der Waals surface area contributed by atoms with Gasteiger partial charge in [0.15, 0.2) is 11.3 Å². The van der Waals surface area contributed by atoms with Crippen molar-refractivity contribution in [3.63, 3.8) is 0 Å². The summed E-state index contributed by atoms with van der Waals surface area (Å²) in [7, 11) is -4.38. The molecule has 1 aromatic heterocycles. The smallest absolute Gasteiger partial charge is 0.501 e. The van der Waals surface area contributed by atoms with Crippen molar-refractivity contribution >= 4 is 21.4 Å². The highest BCUT2D eigenvalue weighted by Gasteiger charge is 2.36. The topological polar surface area (TPSA) is 123 Å². The molecule has 0 unspecified atom stereocenters. The number of hydrogen-bond acceptors (Lipinski definition) is 8. The minimum atomic E-state index is -4.38. The van der Waals surface area contributed by atoms with Gasteiger partial charge in [-0.15, -0.1) is 8.42 Å². The van der Waals surface area contributed by atoms with E-state index in [4.69, 9.17) is 4.42 Å². The van der Waals surface area contributed by atoms with Crippen LogP contribution in [0.15, 0.2) is 9.21 Å². The largest absolute Gasteiger partial charge is 0.504 e. The maximum atomic E-state index is 11.6. The molecule has 9 heteroatoms. The summed E-state index contributed by atoms with van der Waals surface area (Å²) in [6.45, 7) is 3.05. The zero-order valence-electron chi connectivity index (χ0n) is 10.3. The third-order valence-electron chi connectivity index (χ3n) is 3.14. The Morgan fingerprint density at radius 2 is 1.55 bits per heavy atom. The molecule has 1 aliphatic heterocycles. The lowest BCUT2D eigenvalue weighted by atomic mass is 10.0. The molecule has 0 amide bonds. The van der Waals surface area contributed by atoms with Crippen LogP contribution in [0.4, 0.5) is 0 Å². The second kappa shape index (κ2) is 3.57. The molecule has 2 aromatic rings. The molecule has 1 aliphatic rings. The van der Waals surface area contributed by atoms with Gasteiger partial charge in [-0.1, -0.05) is 0 Å². The summed E-state index contributed by atoms with van der Waals surface area (Å²) in [5.74, 6) is -2.09. The molecule has 0 aliphatic carbocycles. The number of rotatable bonds is 0. The fourth-order valence-electron chi connectivity index (χ4n) is 2.03. The van der Waals surface area contributed by atoms with E-state index in [1.807, 2.05) is 0 Å². The number of phenolic OH excluding ortho intramolecular Hbond substituents is 2. The van der Waals surface area contributed by atoms with Gasteiger partial charge in [-0.3, -0.25) is 0 Å². The van der Waals surface area contributed by atoms with Gasteiger partial charge in [0.2, 0.25) is 11.5 Å². The summed E-state index contributed by atoms with van der Waals surface area (Å²) in [4.78, 5) is 11.6. The third-order valence-corrected chi connectivity index (χ3v) is 3.88. The summed E-state index contributed by atoms with van der Waals surface area (Å²) in [5.41, 5.74) is -0.823. The van der Waals surface area contributed by atoms with Crippen LogP contribution in [0.3, 0.4) is 0 Å². The molecule has 0 fully saturated rings. The fraction of sp³-hybridized carbons (Fsp3) is 0.182. The van der Waals surface area contributed by atoms with Gasteiger partial charge in [0, 0.05) is 0 Å². The number of fused-ring (bicyclic) bond motifs is 3. The maximum absolute atomic E-state index is 11.6. The lowest BCUT2D eigenvalue weighted by Crippen LogP contribution is -2.10. The highest BCUT2D eigenvalue weighted by atomic mass is 32.3. The van der Waals surface area contributed by atoms with Crippen LogP contribution >= 0.6 is 0 Å². The van der Waals surface area contributed by atoms with E-state index in [0.29, 0.717) is 11.1 Å². The number of aromatic hydroxyl groups is 2. The van der Waals surface area contributed by atoms with E-state index in [1.54, 1.807) is 6.92 Å². The second-order valence-electron chi connectivity index (χ2n) is 4.27. The van der Waals surface area contributed by atoms with Crippen LogP contribution in [0.2, 0.25) is 0 Å². The zero-order chi connectivity index (χ0) is 14.8. The van der Waals surface area contributed by atoms with Crippen molar-refractivity contribution in [2.45, 2.75) is 13.8 Å². The van der Waals surface area contributed by atoms with Crippen LogP contribution in [0.1, 0.15) is 11.1 Å². The number of hydrogen-bond donors (Lipinski definition) is 2. The standard InChI is InChI=1S/C11H8O8S/c1-3-4(2)6(12)7(13)8-5(3)9-10(11(14)17-8)19-20(15,16)18-9/h12-13H,1-2H3. The molecule has 20 heavy (non-hydrogen) atoms. The Morgan fingerprint density at radius 1 is 0.950 bits per heavy atom. The van der Waals surface area contributed by atoms with E-state index in [9.17, 15) is 23.4 Å². The summed E-state index contributed by atoms with van der Waals surface area (Å²) in [6, 6.07) is 0. The summed E-state index contributed by atoms with van der Waals surface area (Å²) >= 11 is 0. The van der Waals surface area contributed by atoms with Gasteiger partial charge in [-0.25, -0.2) is 4.79 Å².